The van der Waals surface area contributed by atoms with E-state index in [9.17, 15) is 24.5 Å². The lowest BCUT2D eigenvalue weighted by Crippen LogP contribution is -2.44. The number of nitrogens with zero attached hydrogens (tertiary/aromatic N) is 3. The summed E-state index contributed by atoms with van der Waals surface area (Å²) in [5.41, 5.74) is 1.01. The maximum absolute atomic E-state index is 13.1. The molecule has 0 aromatic heterocycles. The number of likely N-dealkylation sites (N-methyl/N-ethyl adjacent to an activating group) is 1. The Morgan fingerprint density at radius 2 is 1.90 bits per heavy atom. The van der Waals surface area contributed by atoms with Crippen LogP contribution in [0.2, 0.25) is 0 Å². The topological polar surface area (TPSA) is 113 Å². The van der Waals surface area contributed by atoms with Gasteiger partial charge in [0.2, 0.25) is 5.91 Å². The van der Waals surface area contributed by atoms with Gasteiger partial charge < -0.3 is 10.2 Å². The Balaban J connectivity index is 1.52. The van der Waals surface area contributed by atoms with Gasteiger partial charge in [-0.05, 0) is 36.1 Å². The molecule has 1 heterocycles. The Morgan fingerprint density at radius 3 is 2.59 bits per heavy atom. The Kier molecular flexibility index (Phi) is 4.30. The molecule has 2 aromatic rings. The van der Waals surface area contributed by atoms with Crippen LogP contribution in [0.3, 0.4) is 0 Å². The van der Waals surface area contributed by atoms with Crippen molar-refractivity contribution >= 4 is 29.2 Å². The van der Waals surface area contributed by atoms with Gasteiger partial charge in [0.15, 0.2) is 0 Å². The van der Waals surface area contributed by atoms with Gasteiger partial charge >= 0.3 is 6.03 Å². The normalized spacial score (nSPS) is 20.0. The zero-order chi connectivity index (χ0) is 20.8. The first-order valence-electron chi connectivity index (χ1n) is 9.07. The number of benzene rings is 2. The third kappa shape index (κ3) is 2.91. The molecule has 0 saturated carbocycles. The fourth-order valence-corrected chi connectivity index (χ4v) is 3.92. The molecule has 4 amide bonds. The van der Waals surface area contributed by atoms with Crippen LogP contribution in [0.25, 0.3) is 0 Å². The number of hydrogen-bond acceptors (Lipinski definition) is 5. The van der Waals surface area contributed by atoms with Crippen molar-refractivity contribution in [2.75, 3.05) is 18.5 Å². The van der Waals surface area contributed by atoms with Crippen LogP contribution in [0.1, 0.15) is 17.5 Å². The second-order valence-corrected chi connectivity index (χ2v) is 7.11. The summed E-state index contributed by atoms with van der Waals surface area (Å²) in [7, 11) is 1.49. The van der Waals surface area contributed by atoms with Gasteiger partial charge in [-0.1, -0.05) is 24.3 Å². The average Bonchev–Trinajstić information content (AvgIpc) is 3.21. The van der Waals surface area contributed by atoms with Gasteiger partial charge in [0.1, 0.15) is 12.1 Å². The van der Waals surface area contributed by atoms with Crippen LogP contribution in [0.15, 0.2) is 48.5 Å². The Morgan fingerprint density at radius 1 is 1.21 bits per heavy atom. The fourth-order valence-electron chi connectivity index (χ4n) is 3.92. The van der Waals surface area contributed by atoms with Gasteiger partial charge in [0, 0.05) is 24.9 Å². The van der Waals surface area contributed by atoms with Crippen molar-refractivity contribution in [3.63, 3.8) is 0 Å². The van der Waals surface area contributed by atoms with Crippen molar-refractivity contribution in [3.8, 4) is 0 Å². The number of non-ortho nitro benzene ring substituents is 1. The molecular formula is C20H18N4O5. The van der Waals surface area contributed by atoms with Crippen molar-refractivity contribution in [1.29, 1.82) is 0 Å². The molecule has 29 heavy (non-hydrogen) atoms. The SMILES string of the molecule is CN(C(=O)CN1C(=O)NC2(CCc3ccccc32)C1=O)c1ccc([N+](=O)[O-])cc1. The Labute approximate surface area is 166 Å². The molecule has 1 saturated heterocycles. The number of imide groups is 1. The Hall–Kier alpha value is -3.75. The van der Waals surface area contributed by atoms with E-state index in [1.165, 1.54) is 36.2 Å². The first-order valence-corrected chi connectivity index (χ1v) is 9.07. The lowest BCUT2D eigenvalue weighted by Gasteiger charge is -2.23. The van der Waals surface area contributed by atoms with E-state index in [2.05, 4.69) is 5.32 Å². The number of urea groups is 1. The number of aryl methyl sites for hydroxylation is 1. The second-order valence-electron chi connectivity index (χ2n) is 7.11. The average molecular weight is 394 g/mol. The molecule has 0 bridgehead atoms. The summed E-state index contributed by atoms with van der Waals surface area (Å²) in [4.78, 5) is 50.7. The van der Waals surface area contributed by atoms with Crippen molar-refractivity contribution in [3.05, 3.63) is 69.8 Å². The molecule has 9 nitrogen and oxygen atoms in total. The van der Waals surface area contributed by atoms with Crippen LogP contribution in [0.4, 0.5) is 16.2 Å². The van der Waals surface area contributed by atoms with E-state index in [1.54, 1.807) is 0 Å². The number of nitro groups is 1. The molecule has 9 heteroatoms. The maximum Gasteiger partial charge on any atom is 0.325 e. The zero-order valence-electron chi connectivity index (χ0n) is 15.6. The minimum atomic E-state index is -1.11. The highest BCUT2D eigenvalue weighted by atomic mass is 16.6. The van der Waals surface area contributed by atoms with Gasteiger partial charge in [-0.15, -0.1) is 0 Å². The molecule has 2 aromatic carbocycles. The van der Waals surface area contributed by atoms with Crippen molar-refractivity contribution in [1.82, 2.24) is 10.2 Å². The van der Waals surface area contributed by atoms with Crippen LogP contribution in [-0.2, 0) is 21.5 Å². The van der Waals surface area contributed by atoms with Crippen LogP contribution >= 0.6 is 0 Å². The first kappa shape index (κ1) is 18.6. The van der Waals surface area contributed by atoms with E-state index in [0.29, 0.717) is 18.5 Å². The molecule has 0 radical (unpaired) electrons. The molecular weight excluding hydrogens is 376 g/mol. The zero-order valence-corrected chi connectivity index (χ0v) is 15.6. The van der Waals surface area contributed by atoms with Gasteiger partial charge in [0.25, 0.3) is 11.6 Å². The molecule has 1 aliphatic heterocycles. The molecule has 2 aliphatic rings. The number of carbonyl (C=O) groups excluding carboxylic acids is 3. The predicted molar refractivity (Wildman–Crippen MR) is 103 cm³/mol. The van der Waals surface area contributed by atoms with Crippen LogP contribution in [-0.4, -0.2) is 41.3 Å². The summed E-state index contributed by atoms with van der Waals surface area (Å²) in [6.45, 7) is -0.415. The van der Waals surface area contributed by atoms with Crippen LogP contribution in [0, 0.1) is 10.1 Å². The van der Waals surface area contributed by atoms with E-state index < -0.39 is 34.9 Å². The van der Waals surface area contributed by atoms with E-state index in [0.717, 1.165) is 16.0 Å². The third-order valence-corrected chi connectivity index (χ3v) is 5.54. The van der Waals surface area contributed by atoms with E-state index in [4.69, 9.17) is 0 Å². The highest BCUT2D eigenvalue weighted by Gasteiger charge is 2.55. The largest absolute Gasteiger partial charge is 0.325 e. The number of amides is 4. The smallest absolute Gasteiger partial charge is 0.319 e. The number of hydrogen-bond donors (Lipinski definition) is 1. The summed E-state index contributed by atoms with van der Waals surface area (Å²) in [5, 5.41) is 13.5. The minimum Gasteiger partial charge on any atom is -0.319 e. The molecule has 1 unspecified atom stereocenters. The van der Waals surface area contributed by atoms with Gasteiger partial charge in [-0.2, -0.15) is 0 Å². The molecule has 4 rings (SSSR count). The van der Waals surface area contributed by atoms with Gasteiger partial charge in [-0.3, -0.25) is 24.6 Å². The summed E-state index contributed by atoms with van der Waals surface area (Å²) in [6, 6.07) is 12.3. The number of nitrogens with one attached hydrogen (secondary N) is 1. The number of fused-ring (bicyclic) bond motifs is 2. The number of rotatable bonds is 4. The molecule has 1 aliphatic carbocycles. The van der Waals surface area contributed by atoms with Crippen molar-refractivity contribution < 1.29 is 19.3 Å². The fraction of sp³-hybridized carbons (Fsp3) is 0.250. The first-order chi connectivity index (χ1) is 13.8. The van der Waals surface area contributed by atoms with Crippen LogP contribution < -0.4 is 10.2 Å². The maximum atomic E-state index is 13.1. The number of anilines is 1. The number of nitro benzene ring substituents is 1. The third-order valence-electron chi connectivity index (χ3n) is 5.54. The molecule has 148 valence electrons. The summed E-state index contributed by atoms with van der Waals surface area (Å²) in [5.74, 6) is -0.913. The quantitative estimate of drug-likeness (QED) is 0.484. The van der Waals surface area contributed by atoms with E-state index in [1.807, 2.05) is 24.3 Å². The summed E-state index contributed by atoms with van der Waals surface area (Å²) >= 11 is 0. The lowest BCUT2D eigenvalue weighted by molar-refractivity contribution is -0.384. The lowest BCUT2D eigenvalue weighted by atomic mass is 9.92. The predicted octanol–water partition coefficient (Wildman–Crippen LogP) is 1.95. The number of carbonyl (C=O) groups is 3. The standard InChI is InChI=1S/C20H18N4O5/c1-22(14-6-8-15(9-7-14)24(28)29)17(25)12-23-18(26)20(21-19(23)27)11-10-13-4-2-3-5-16(13)20/h2-9H,10-12H2,1H3,(H,21,27). The van der Waals surface area contributed by atoms with Crippen LogP contribution in [0.5, 0.6) is 0 Å². The van der Waals surface area contributed by atoms with Gasteiger partial charge in [0.05, 0.1) is 4.92 Å². The highest BCUT2D eigenvalue weighted by Crippen LogP contribution is 2.41. The minimum absolute atomic E-state index is 0.0921. The summed E-state index contributed by atoms with van der Waals surface area (Å²) < 4.78 is 0. The second kappa shape index (κ2) is 6.69. The molecule has 1 N–H and O–H groups in total. The highest BCUT2D eigenvalue weighted by molar-refractivity contribution is 6.11. The van der Waals surface area contributed by atoms with Crippen molar-refractivity contribution in [2.45, 2.75) is 18.4 Å². The molecule has 1 atom stereocenters. The summed E-state index contributed by atoms with van der Waals surface area (Å²) in [6.07, 6.45) is 1.13. The van der Waals surface area contributed by atoms with Crippen molar-refractivity contribution in [2.24, 2.45) is 0 Å². The molecule has 1 fully saturated rings. The molecule has 1 spiro atoms. The van der Waals surface area contributed by atoms with E-state index >= 15 is 0 Å². The van der Waals surface area contributed by atoms with E-state index in [-0.39, 0.29) is 5.69 Å². The Bertz CT molecular complexity index is 1040. The monoisotopic (exact) mass is 394 g/mol. The van der Waals surface area contributed by atoms with Gasteiger partial charge in [-0.25, -0.2) is 4.79 Å².